The van der Waals surface area contributed by atoms with Gasteiger partial charge in [-0.1, -0.05) is 37.3 Å². The van der Waals surface area contributed by atoms with Gasteiger partial charge in [-0.25, -0.2) is 13.2 Å². The van der Waals surface area contributed by atoms with Crippen LogP contribution in [-0.2, 0) is 38.0 Å². The summed E-state index contributed by atoms with van der Waals surface area (Å²) in [6.45, 7) is 2.16. The van der Waals surface area contributed by atoms with E-state index in [1.807, 2.05) is 6.07 Å². The zero-order valence-electron chi connectivity index (χ0n) is 16.6. The van der Waals surface area contributed by atoms with E-state index in [-0.39, 0.29) is 17.9 Å². The minimum Gasteiger partial charge on any atom is -0.465 e. The van der Waals surface area contributed by atoms with Crippen LogP contribution in [0.5, 0.6) is 0 Å². The van der Waals surface area contributed by atoms with Gasteiger partial charge in [0, 0.05) is 11.3 Å². The molecule has 6 nitrogen and oxygen atoms in total. The minimum absolute atomic E-state index is 0.0975. The lowest BCUT2D eigenvalue weighted by atomic mass is 9.88. The Labute approximate surface area is 175 Å². The van der Waals surface area contributed by atoms with Crippen molar-refractivity contribution in [2.24, 2.45) is 5.92 Å². The molecule has 1 N–H and O–H groups in total. The van der Waals surface area contributed by atoms with Crippen molar-refractivity contribution in [2.45, 2.75) is 38.4 Å². The second-order valence-corrected chi connectivity index (χ2v) is 10.7. The van der Waals surface area contributed by atoms with Gasteiger partial charge in [0.15, 0.2) is 9.84 Å². The standard InChI is InChI=1S/C21H25NO5S2/c1-14-8-9-16-17(12-14)28-20(19(16)21(24)27-2)22-18(23)10-11-29(25,26)13-15-6-4-3-5-7-15/h3-7,14H,8-13H2,1-2H3,(H,22,23). The van der Waals surface area contributed by atoms with E-state index in [9.17, 15) is 18.0 Å². The maximum absolute atomic E-state index is 12.4. The predicted molar refractivity (Wildman–Crippen MR) is 114 cm³/mol. The summed E-state index contributed by atoms with van der Waals surface area (Å²) < 4.78 is 29.6. The third-order valence-electron chi connectivity index (χ3n) is 5.02. The Morgan fingerprint density at radius 3 is 2.66 bits per heavy atom. The molecule has 0 saturated heterocycles. The molecule has 0 radical (unpaired) electrons. The molecule has 0 saturated carbocycles. The molecule has 1 aromatic carbocycles. The van der Waals surface area contributed by atoms with Crippen molar-refractivity contribution in [2.75, 3.05) is 18.2 Å². The van der Waals surface area contributed by atoms with Gasteiger partial charge in [-0.3, -0.25) is 4.79 Å². The number of methoxy groups -OCH3 is 1. The van der Waals surface area contributed by atoms with Crippen LogP contribution in [0.15, 0.2) is 30.3 Å². The summed E-state index contributed by atoms with van der Waals surface area (Å²) in [5, 5.41) is 3.21. The number of thiophene rings is 1. The van der Waals surface area contributed by atoms with Gasteiger partial charge in [-0.15, -0.1) is 11.3 Å². The molecule has 0 bridgehead atoms. The second kappa shape index (κ2) is 9.09. The molecular formula is C21H25NO5S2. The van der Waals surface area contributed by atoms with E-state index in [1.165, 1.54) is 18.4 Å². The van der Waals surface area contributed by atoms with E-state index in [2.05, 4.69) is 12.2 Å². The molecule has 29 heavy (non-hydrogen) atoms. The minimum atomic E-state index is -3.41. The summed E-state index contributed by atoms with van der Waals surface area (Å²) >= 11 is 1.39. The van der Waals surface area contributed by atoms with Gasteiger partial charge in [0.1, 0.15) is 5.00 Å². The number of fused-ring (bicyclic) bond motifs is 1. The molecule has 0 spiro atoms. The molecular weight excluding hydrogens is 410 g/mol. The van der Waals surface area contributed by atoms with Crippen LogP contribution in [0.25, 0.3) is 0 Å². The Morgan fingerprint density at radius 2 is 1.97 bits per heavy atom. The smallest absolute Gasteiger partial charge is 0.341 e. The number of hydrogen-bond donors (Lipinski definition) is 1. The third kappa shape index (κ3) is 5.45. The molecule has 156 valence electrons. The molecule has 2 aromatic rings. The summed E-state index contributed by atoms with van der Waals surface area (Å²) in [5.41, 5.74) is 2.06. The number of anilines is 1. The summed E-state index contributed by atoms with van der Waals surface area (Å²) in [4.78, 5) is 25.8. The maximum atomic E-state index is 12.4. The number of nitrogens with one attached hydrogen (secondary N) is 1. The van der Waals surface area contributed by atoms with E-state index in [1.54, 1.807) is 24.3 Å². The van der Waals surface area contributed by atoms with E-state index in [0.717, 1.165) is 29.7 Å². The van der Waals surface area contributed by atoms with Gasteiger partial charge in [0.25, 0.3) is 0 Å². The normalized spacial score (nSPS) is 16.1. The summed E-state index contributed by atoms with van der Waals surface area (Å²) in [6, 6.07) is 8.88. The van der Waals surface area contributed by atoms with Crippen molar-refractivity contribution in [3.8, 4) is 0 Å². The van der Waals surface area contributed by atoms with E-state index in [0.29, 0.717) is 22.0 Å². The molecule has 1 unspecified atom stereocenters. The second-order valence-electron chi connectivity index (χ2n) is 7.42. The van der Waals surface area contributed by atoms with E-state index in [4.69, 9.17) is 4.74 Å². The van der Waals surface area contributed by atoms with Gasteiger partial charge in [-0.05, 0) is 36.3 Å². The number of rotatable bonds is 7. The van der Waals surface area contributed by atoms with Gasteiger partial charge in [-0.2, -0.15) is 0 Å². The lowest BCUT2D eigenvalue weighted by Crippen LogP contribution is -2.19. The molecule has 1 aromatic heterocycles. The molecule has 3 rings (SSSR count). The fourth-order valence-electron chi connectivity index (χ4n) is 3.49. The molecule has 1 aliphatic carbocycles. The van der Waals surface area contributed by atoms with Crippen molar-refractivity contribution in [1.82, 2.24) is 0 Å². The SMILES string of the molecule is COC(=O)c1c(NC(=O)CCS(=O)(=O)Cc2ccccc2)sc2c1CCC(C)C2. The van der Waals surface area contributed by atoms with Gasteiger partial charge >= 0.3 is 5.97 Å². The van der Waals surface area contributed by atoms with Crippen LogP contribution in [0.2, 0.25) is 0 Å². The van der Waals surface area contributed by atoms with Crippen LogP contribution >= 0.6 is 11.3 Å². The number of carbonyl (C=O) groups is 2. The van der Waals surface area contributed by atoms with Gasteiger partial charge < -0.3 is 10.1 Å². The first kappa shape index (κ1) is 21.5. The maximum Gasteiger partial charge on any atom is 0.341 e. The van der Waals surface area contributed by atoms with Crippen LogP contribution < -0.4 is 5.32 Å². The molecule has 8 heteroatoms. The molecule has 0 aliphatic heterocycles. The van der Waals surface area contributed by atoms with Gasteiger partial charge in [0.2, 0.25) is 5.91 Å². The Morgan fingerprint density at radius 1 is 1.24 bits per heavy atom. The largest absolute Gasteiger partial charge is 0.465 e. The summed E-state index contributed by atoms with van der Waals surface area (Å²) in [6.07, 6.45) is 2.47. The summed E-state index contributed by atoms with van der Waals surface area (Å²) in [7, 11) is -2.09. The van der Waals surface area contributed by atoms with Crippen molar-refractivity contribution in [3.63, 3.8) is 0 Å². The number of hydrogen-bond acceptors (Lipinski definition) is 6. The molecule has 1 atom stereocenters. The highest BCUT2D eigenvalue weighted by Crippen LogP contribution is 2.40. The Kier molecular flexibility index (Phi) is 6.74. The highest BCUT2D eigenvalue weighted by Gasteiger charge is 2.29. The van der Waals surface area contributed by atoms with E-state index >= 15 is 0 Å². The van der Waals surface area contributed by atoms with Crippen molar-refractivity contribution < 1.29 is 22.7 Å². The average Bonchev–Trinajstić information content (AvgIpc) is 3.03. The zero-order valence-corrected chi connectivity index (χ0v) is 18.2. The number of amides is 1. The molecule has 0 fully saturated rings. The topological polar surface area (TPSA) is 89.5 Å². The average molecular weight is 436 g/mol. The Balaban J connectivity index is 1.68. The lowest BCUT2D eigenvalue weighted by Gasteiger charge is -2.18. The monoisotopic (exact) mass is 435 g/mol. The van der Waals surface area contributed by atoms with Crippen LogP contribution in [-0.4, -0.2) is 33.2 Å². The van der Waals surface area contributed by atoms with Crippen molar-refractivity contribution in [1.29, 1.82) is 0 Å². The highest BCUT2D eigenvalue weighted by atomic mass is 32.2. The Bertz CT molecular complexity index is 996. The Hall–Kier alpha value is -2.19. The van der Waals surface area contributed by atoms with Crippen LogP contribution in [0.4, 0.5) is 5.00 Å². The van der Waals surface area contributed by atoms with Crippen molar-refractivity contribution >= 4 is 38.1 Å². The van der Waals surface area contributed by atoms with Gasteiger partial charge in [0.05, 0.1) is 24.2 Å². The fraction of sp³-hybridized carbons (Fsp3) is 0.429. The highest BCUT2D eigenvalue weighted by molar-refractivity contribution is 7.90. The molecule has 1 amide bonds. The van der Waals surface area contributed by atoms with Crippen LogP contribution in [0.1, 0.15) is 46.1 Å². The van der Waals surface area contributed by atoms with Crippen LogP contribution in [0, 0.1) is 5.92 Å². The number of esters is 1. The number of benzene rings is 1. The fourth-order valence-corrected chi connectivity index (χ4v) is 6.25. The first-order chi connectivity index (χ1) is 13.8. The molecule has 1 heterocycles. The molecule has 1 aliphatic rings. The quantitative estimate of drug-likeness (QED) is 0.671. The third-order valence-corrected chi connectivity index (χ3v) is 7.79. The van der Waals surface area contributed by atoms with E-state index < -0.39 is 21.7 Å². The summed E-state index contributed by atoms with van der Waals surface area (Å²) in [5.74, 6) is -0.704. The number of sulfone groups is 1. The first-order valence-corrected chi connectivity index (χ1v) is 12.2. The van der Waals surface area contributed by atoms with Crippen molar-refractivity contribution in [3.05, 3.63) is 51.9 Å². The van der Waals surface area contributed by atoms with Crippen LogP contribution in [0.3, 0.4) is 0 Å². The number of ether oxygens (including phenoxy) is 1. The number of carbonyl (C=O) groups excluding carboxylic acids is 2. The first-order valence-electron chi connectivity index (χ1n) is 9.56. The zero-order chi connectivity index (χ0) is 21.0. The predicted octanol–water partition coefficient (Wildman–Crippen LogP) is 3.60. The lowest BCUT2D eigenvalue weighted by molar-refractivity contribution is -0.115.